The Bertz CT molecular complexity index is 260. The molecule has 0 atom stereocenters. The first-order chi connectivity index (χ1) is 6.29. The summed E-state index contributed by atoms with van der Waals surface area (Å²) in [6, 6.07) is 0. The number of rotatable bonds is 5. The van der Waals surface area contributed by atoms with Crippen LogP contribution in [-0.2, 0) is 6.54 Å². The average molecular weight is 185 g/mol. The van der Waals surface area contributed by atoms with Crippen molar-refractivity contribution in [3.05, 3.63) is 12.0 Å². The van der Waals surface area contributed by atoms with E-state index in [1.165, 1.54) is 0 Å². The Labute approximate surface area is 77.0 Å². The van der Waals surface area contributed by atoms with Gasteiger partial charge in [-0.1, -0.05) is 0 Å². The molecule has 0 spiro atoms. The highest BCUT2D eigenvalue weighted by Gasteiger charge is 2.03. The summed E-state index contributed by atoms with van der Waals surface area (Å²) < 4.78 is 1.87. The van der Waals surface area contributed by atoms with Crippen LogP contribution in [0.1, 0.15) is 5.82 Å². The van der Waals surface area contributed by atoms with Gasteiger partial charge in [0.1, 0.15) is 11.6 Å². The van der Waals surface area contributed by atoms with Crippen molar-refractivity contribution in [1.29, 1.82) is 0 Å². The lowest BCUT2D eigenvalue weighted by atomic mass is 10.5. The van der Waals surface area contributed by atoms with Gasteiger partial charge in [-0.2, -0.15) is 0 Å². The van der Waals surface area contributed by atoms with Crippen LogP contribution in [0.5, 0.6) is 0 Å². The average Bonchev–Trinajstić information content (AvgIpc) is 2.46. The normalized spacial score (nSPS) is 10.4. The maximum Gasteiger partial charge on any atom is 0.126 e. The maximum absolute atomic E-state index is 8.79. The molecule has 0 bridgehead atoms. The third-order valence-corrected chi connectivity index (χ3v) is 1.80. The molecule has 0 fully saturated rings. The molecule has 13 heavy (non-hydrogen) atoms. The molecule has 5 heteroatoms. The van der Waals surface area contributed by atoms with E-state index in [0.717, 1.165) is 11.6 Å². The lowest BCUT2D eigenvalue weighted by molar-refractivity contribution is 0.275. The Morgan fingerprint density at radius 3 is 2.85 bits per heavy atom. The molecule has 1 rings (SSSR count). The van der Waals surface area contributed by atoms with Crippen molar-refractivity contribution < 1.29 is 10.2 Å². The monoisotopic (exact) mass is 185 g/mol. The Hall–Kier alpha value is -1.07. The minimum atomic E-state index is 0.0867. The molecule has 74 valence electrons. The largest absolute Gasteiger partial charge is 0.395 e. The number of aliphatic hydroxyl groups excluding tert-OH is 2. The van der Waals surface area contributed by atoms with Crippen LogP contribution in [0.4, 0.5) is 5.82 Å². The van der Waals surface area contributed by atoms with Crippen LogP contribution < -0.4 is 5.32 Å². The number of hydrogen-bond acceptors (Lipinski definition) is 4. The fraction of sp³-hybridized carbons (Fsp3) is 0.625. The van der Waals surface area contributed by atoms with Crippen molar-refractivity contribution >= 4 is 5.82 Å². The fourth-order valence-corrected chi connectivity index (χ4v) is 1.18. The number of imidazole rings is 1. The van der Waals surface area contributed by atoms with Gasteiger partial charge in [0.25, 0.3) is 0 Å². The van der Waals surface area contributed by atoms with E-state index in [2.05, 4.69) is 10.3 Å². The number of aromatic nitrogens is 2. The quantitative estimate of drug-likeness (QED) is 0.583. The van der Waals surface area contributed by atoms with Gasteiger partial charge in [0, 0.05) is 13.1 Å². The summed E-state index contributed by atoms with van der Waals surface area (Å²) in [5.41, 5.74) is 0. The first kappa shape index (κ1) is 10.0. The van der Waals surface area contributed by atoms with Gasteiger partial charge in [-0.15, -0.1) is 0 Å². The van der Waals surface area contributed by atoms with Crippen LogP contribution in [0.2, 0.25) is 0 Å². The molecule has 0 radical (unpaired) electrons. The van der Waals surface area contributed by atoms with E-state index in [1.54, 1.807) is 6.20 Å². The van der Waals surface area contributed by atoms with Crippen LogP contribution >= 0.6 is 0 Å². The first-order valence-electron chi connectivity index (χ1n) is 4.27. The molecule has 0 aliphatic heterocycles. The third-order valence-electron chi connectivity index (χ3n) is 1.80. The van der Waals surface area contributed by atoms with Crippen molar-refractivity contribution in [3.8, 4) is 0 Å². The van der Waals surface area contributed by atoms with Gasteiger partial charge in [-0.25, -0.2) is 4.98 Å². The zero-order valence-corrected chi connectivity index (χ0v) is 7.69. The van der Waals surface area contributed by atoms with E-state index in [-0.39, 0.29) is 13.2 Å². The molecule has 0 unspecified atom stereocenters. The number of aryl methyl sites for hydroxylation is 1. The van der Waals surface area contributed by atoms with Crippen molar-refractivity contribution in [3.63, 3.8) is 0 Å². The Kier molecular flexibility index (Phi) is 3.72. The second-order valence-electron chi connectivity index (χ2n) is 2.72. The van der Waals surface area contributed by atoms with E-state index >= 15 is 0 Å². The molecular weight excluding hydrogens is 170 g/mol. The highest BCUT2D eigenvalue weighted by atomic mass is 16.3. The van der Waals surface area contributed by atoms with E-state index in [9.17, 15) is 0 Å². The van der Waals surface area contributed by atoms with Gasteiger partial charge in [0.05, 0.1) is 19.4 Å². The lowest BCUT2D eigenvalue weighted by Crippen LogP contribution is -2.12. The predicted molar refractivity (Wildman–Crippen MR) is 49.6 cm³/mol. The SMILES string of the molecule is Cc1ncc(NCCO)n1CCO. The smallest absolute Gasteiger partial charge is 0.126 e. The van der Waals surface area contributed by atoms with E-state index in [0.29, 0.717) is 13.1 Å². The lowest BCUT2D eigenvalue weighted by Gasteiger charge is -2.09. The van der Waals surface area contributed by atoms with Crippen molar-refractivity contribution in [1.82, 2.24) is 9.55 Å². The number of aliphatic hydroxyl groups is 2. The van der Waals surface area contributed by atoms with E-state index < -0.39 is 0 Å². The standard InChI is InChI=1S/C8H15N3O2/c1-7-10-6-8(9-2-4-12)11(7)3-5-13/h6,9,12-13H,2-5H2,1H3. The summed E-state index contributed by atoms with van der Waals surface area (Å²) in [5.74, 6) is 1.69. The maximum atomic E-state index is 8.79. The molecule has 1 aromatic rings. The fourth-order valence-electron chi connectivity index (χ4n) is 1.18. The van der Waals surface area contributed by atoms with Gasteiger partial charge < -0.3 is 20.1 Å². The van der Waals surface area contributed by atoms with Crippen molar-refractivity contribution in [2.45, 2.75) is 13.5 Å². The van der Waals surface area contributed by atoms with E-state index in [4.69, 9.17) is 10.2 Å². The van der Waals surface area contributed by atoms with Gasteiger partial charge >= 0.3 is 0 Å². The highest BCUT2D eigenvalue weighted by molar-refractivity contribution is 5.34. The van der Waals surface area contributed by atoms with E-state index in [1.807, 2.05) is 11.5 Å². The first-order valence-corrected chi connectivity index (χ1v) is 4.27. The molecule has 0 amide bonds. The predicted octanol–water partition coefficient (Wildman–Crippen LogP) is -0.412. The summed E-state index contributed by atoms with van der Waals surface area (Å²) in [6.45, 7) is 3.07. The molecule has 0 aliphatic carbocycles. The molecule has 1 aromatic heterocycles. The molecule has 0 saturated carbocycles. The van der Waals surface area contributed by atoms with Crippen LogP contribution in [0.15, 0.2) is 6.20 Å². The minimum absolute atomic E-state index is 0.0867. The van der Waals surface area contributed by atoms with Crippen molar-refractivity contribution in [2.24, 2.45) is 0 Å². The molecule has 1 heterocycles. The molecule has 0 saturated heterocycles. The van der Waals surface area contributed by atoms with Crippen LogP contribution in [0.3, 0.4) is 0 Å². The second-order valence-corrected chi connectivity index (χ2v) is 2.72. The summed E-state index contributed by atoms with van der Waals surface area (Å²) >= 11 is 0. The van der Waals surface area contributed by atoms with Gasteiger partial charge in [0.2, 0.25) is 0 Å². The Morgan fingerprint density at radius 1 is 1.46 bits per heavy atom. The zero-order valence-electron chi connectivity index (χ0n) is 7.69. The van der Waals surface area contributed by atoms with Crippen LogP contribution in [0, 0.1) is 6.92 Å². The molecule has 0 aromatic carbocycles. The Balaban J connectivity index is 2.68. The van der Waals surface area contributed by atoms with Gasteiger partial charge in [-0.3, -0.25) is 0 Å². The topological polar surface area (TPSA) is 70.3 Å². The number of nitrogens with zero attached hydrogens (tertiary/aromatic N) is 2. The van der Waals surface area contributed by atoms with Gasteiger partial charge in [0.15, 0.2) is 0 Å². The minimum Gasteiger partial charge on any atom is -0.395 e. The molecule has 3 N–H and O–H groups in total. The van der Waals surface area contributed by atoms with Crippen molar-refractivity contribution in [2.75, 3.05) is 25.1 Å². The summed E-state index contributed by atoms with van der Waals surface area (Å²) in [7, 11) is 0. The second kappa shape index (κ2) is 4.84. The molecule has 5 nitrogen and oxygen atoms in total. The zero-order chi connectivity index (χ0) is 9.68. The number of hydrogen-bond donors (Lipinski definition) is 3. The number of nitrogens with one attached hydrogen (secondary N) is 1. The summed E-state index contributed by atoms with van der Waals surface area (Å²) in [5, 5.41) is 20.4. The highest BCUT2D eigenvalue weighted by Crippen LogP contribution is 2.09. The summed E-state index contributed by atoms with van der Waals surface area (Å²) in [4.78, 5) is 4.10. The Morgan fingerprint density at radius 2 is 2.23 bits per heavy atom. The van der Waals surface area contributed by atoms with Crippen LogP contribution in [0.25, 0.3) is 0 Å². The molecule has 0 aliphatic rings. The van der Waals surface area contributed by atoms with Crippen LogP contribution in [-0.4, -0.2) is 39.5 Å². The molecular formula is C8H15N3O2. The third kappa shape index (κ3) is 2.43. The number of anilines is 1. The van der Waals surface area contributed by atoms with Gasteiger partial charge in [-0.05, 0) is 6.92 Å². The summed E-state index contributed by atoms with van der Waals surface area (Å²) in [6.07, 6.45) is 1.70.